The second-order valence-corrected chi connectivity index (χ2v) is 4.44. The average Bonchev–Trinajstić information content (AvgIpc) is 2.48. The molecule has 3 N–H and O–H groups in total. The Morgan fingerprint density at radius 2 is 1.45 bits per heavy atom. The summed E-state index contributed by atoms with van der Waals surface area (Å²) in [6.45, 7) is 0. The summed E-state index contributed by atoms with van der Waals surface area (Å²) in [4.78, 5) is 24.3. The summed E-state index contributed by atoms with van der Waals surface area (Å²) < 4.78 is 0. The van der Waals surface area contributed by atoms with Gasteiger partial charge in [-0.1, -0.05) is 24.3 Å². The van der Waals surface area contributed by atoms with E-state index in [0.29, 0.717) is 10.6 Å². The Hall–Kier alpha value is -2.31. The quantitative estimate of drug-likeness (QED) is 0.398. The van der Waals surface area contributed by atoms with E-state index in [4.69, 9.17) is 5.21 Å². The van der Waals surface area contributed by atoms with Crippen molar-refractivity contribution in [3.05, 3.63) is 59.7 Å². The van der Waals surface area contributed by atoms with E-state index < -0.39 is 11.8 Å². The number of thiol groups is 1. The van der Waals surface area contributed by atoms with Crippen LogP contribution >= 0.6 is 12.6 Å². The molecule has 6 heteroatoms. The number of hydroxylamine groups is 1. The van der Waals surface area contributed by atoms with Gasteiger partial charge < -0.3 is 5.32 Å². The lowest BCUT2D eigenvalue weighted by molar-refractivity contribution is 0.0703. The Labute approximate surface area is 121 Å². The number of hydrogen-bond donors (Lipinski definition) is 4. The third kappa shape index (κ3) is 2.98. The number of carbonyl (C=O) groups is 2. The van der Waals surface area contributed by atoms with Crippen molar-refractivity contribution in [1.29, 1.82) is 0 Å². The van der Waals surface area contributed by atoms with E-state index in [2.05, 4.69) is 17.9 Å². The maximum absolute atomic E-state index is 12.2. The molecule has 0 bridgehead atoms. The van der Waals surface area contributed by atoms with Crippen LogP contribution in [0.1, 0.15) is 20.7 Å². The molecule has 2 amide bonds. The number of para-hydroxylation sites is 1. The van der Waals surface area contributed by atoms with Crippen LogP contribution in [0.5, 0.6) is 0 Å². The first kappa shape index (κ1) is 14.1. The summed E-state index contributed by atoms with van der Waals surface area (Å²) in [7, 11) is 0. The van der Waals surface area contributed by atoms with E-state index in [0.717, 1.165) is 0 Å². The van der Waals surface area contributed by atoms with Gasteiger partial charge in [0.25, 0.3) is 11.8 Å². The van der Waals surface area contributed by atoms with Crippen LogP contribution in [-0.4, -0.2) is 17.0 Å². The number of carbonyl (C=O) groups excluding carboxylic acids is 2. The van der Waals surface area contributed by atoms with Gasteiger partial charge in [-0.2, -0.15) is 0 Å². The Kier molecular flexibility index (Phi) is 4.39. The van der Waals surface area contributed by atoms with Gasteiger partial charge in [0.1, 0.15) is 0 Å². The Balaban J connectivity index is 2.31. The Morgan fingerprint density at radius 3 is 2.05 bits per heavy atom. The molecule has 2 aromatic carbocycles. The molecule has 20 heavy (non-hydrogen) atoms. The molecule has 0 heterocycles. The first-order valence-corrected chi connectivity index (χ1v) is 6.21. The molecule has 0 aliphatic carbocycles. The zero-order chi connectivity index (χ0) is 14.5. The number of benzene rings is 2. The molecule has 2 aromatic rings. The van der Waals surface area contributed by atoms with Gasteiger partial charge in [-0.05, 0) is 24.3 Å². The maximum atomic E-state index is 12.2. The van der Waals surface area contributed by atoms with Crippen LogP contribution < -0.4 is 10.8 Å². The standard InChI is InChI=1S/C14H12N2O3S/c17-13(15-11-7-3-4-8-12(11)20)9-5-1-2-6-10(9)14(18)16-19/h1-8,19-20H,(H,15,17)(H,16,18). The monoisotopic (exact) mass is 288 g/mol. The summed E-state index contributed by atoms with van der Waals surface area (Å²) in [5.41, 5.74) is 2.31. The zero-order valence-corrected chi connectivity index (χ0v) is 11.2. The molecule has 0 saturated carbocycles. The second-order valence-electron chi connectivity index (χ2n) is 3.96. The fourth-order valence-electron chi connectivity index (χ4n) is 1.71. The summed E-state index contributed by atoms with van der Waals surface area (Å²) in [5, 5.41) is 11.4. The average molecular weight is 288 g/mol. The van der Waals surface area contributed by atoms with Crippen LogP contribution in [0, 0.1) is 0 Å². The fraction of sp³-hybridized carbons (Fsp3) is 0. The van der Waals surface area contributed by atoms with E-state index >= 15 is 0 Å². The largest absolute Gasteiger partial charge is 0.321 e. The van der Waals surface area contributed by atoms with Gasteiger partial charge in [-0.25, -0.2) is 5.48 Å². The van der Waals surface area contributed by atoms with Crippen LogP contribution in [0.4, 0.5) is 5.69 Å². The van der Waals surface area contributed by atoms with E-state index in [9.17, 15) is 9.59 Å². The molecule has 2 rings (SSSR count). The number of hydrogen-bond acceptors (Lipinski definition) is 4. The molecular weight excluding hydrogens is 276 g/mol. The van der Waals surface area contributed by atoms with Crippen molar-refractivity contribution < 1.29 is 14.8 Å². The van der Waals surface area contributed by atoms with Crippen LogP contribution in [0.3, 0.4) is 0 Å². The smallest absolute Gasteiger partial charge is 0.275 e. The molecule has 0 fully saturated rings. The lowest BCUT2D eigenvalue weighted by Crippen LogP contribution is -2.23. The molecule has 5 nitrogen and oxygen atoms in total. The molecule has 0 radical (unpaired) electrons. The van der Waals surface area contributed by atoms with Crippen molar-refractivity contribution in [2.45, 2.75) is 4.90 Å². The topological polar surface area (TPSA) is 78.4 Å². The molecule has 0 saturated heterocycles. The third-order valence-corrected chi connectivity index (χ3v) is 3.06. The summed E-state index contributed by atoms with van der Waals surface area (Å²) in [6, 6.07) is 13.2. The van der Waals surface area contributed by atoms with Crippen LogP contribution in [0.2, 0.25) is 0 Å². The zero-order valence-electron chi connectivity index (χ0n) is 10.3. The summed E-state index contributed by atoms with van der Waals surface area (Å²) >= 11 is 4.24. The fourth-order valence-corrected chi connectivity index (χ4v) is 1.92. The van der Waals surface area contributed by atoms with Gasteiger partial charge >= 0.3 is 0 Å². The summed E-state index contributed by atoms with van der Waals surface area (Å²) in [5.74, 6) is -1.19. The van der Waals surface area contributed by atoms with Gasteiger partial charge in [0, 0.05) is 4.90 Å². The highest BCUT2D eigenvalue weighted by atomic mass is 32.1. The van der Waals surface area contributed by atoms with Crippen LogP contribution in [0.15, 0.2) is 53.4 Å². The molecule has 0 aliphatic rings. The van der Waals surface area contributed by atoms with Crippen LogP contribution in [-0.2, 0) is 0 Å². The minimum Gasteiger partial charge on any atom is -0.321 e. The third-order valence-electron chi connectivity index (χ3n) is 2.67. The predicted molar refractivity (Wildman–Crippen MR) is 77.3 cm³/mol. The molecular formula is C14H12N2O3S. The van der Waals surface area contributed by atoms with Gasteiger partial charge in [0.15, 0.2) is 0 Å². The number of nitrogens with one attached hydrogen (secondary N) is 2. The van der Waals surface area contributed by atoms with Gasteiger partial charge in [0.2, 0.25) is 0 Å². The van der Waals surface area contributed by atoms with Gasteiger partial charge in [-0.3, -0.25) is 14.8 Å². The van der Waals surface area contributed by atoms with E-state index in [1.165, 1.54) is 17.6 Å². The second kappa shape index (κ2) is 6.23. The van der Waals surface area contributed by atoms with Crippen molar-refractivity contribution in [1.82, 2.24) is 5.48 Å². The number of anilines is 1. The highest BCUT2D eigenvalue weighted by Crippen LogP contribution is 2.20. The minimum absolute atomic E-state index is 0.0872. The number of amides is 2. The van der Waals surface area contributed by atoms with Crippen molar-refractivity contribution >= 4 is 30.1 Å². The SMILES string of the molecule is O=C(NO)c1ccccc1C(=O)Nc1ccccc1S. The molecule has 0 atom stereocenters. The van der Waals surface area contributed by atoms with Crippen molar-refractivity contribution in [2.75, 3.05) is 5.32 Å². The molecule has 0 aliphatic heterocycles. The Bertz CT molecular complexity index is 658. The molecule has 102 valence electrons. The highest BCUT2D eigenvalue weighted by molar-refractivity contribution is 7.80. The molecule has 0 aromatic heterocycles. The van der Waals surface area contributed by atoms with Crippen molar-refractivity contribution in [3.63, 3.8) is 0 Å². The Morgan fingerprint density at radius 1 is 0.900 bits per heavy atom. The first-order valence-electron chi connectivity index (χ1n) is 5.76. The van der Waals surface area contributed by atoms with Crippen LogP contribution in [0.25, 0.3) is 0 Å². The van der Waals surface area contributed by atoms with Gasteiger partial charge in [-0.15, -0.1) is 12.6 Å². The normalized spacial score (nSPS) is 9.90. The first-order chi connectivity index (χ1) is 9.63. The van der Waals surface area contributed by atoms with E-state index in [1.807, 2.05) is 0 Å². The van der Waals surface area contributed by atoms with Gasteiger partial charge in [0.05, 0.1) is 16.8 Å². The van der Waals surface area contributed by atoms with Crippen molar-refractivity contribution in [3.8, 4) is 0 Å². The molecule has 0 spiro atoms. The predicted octanol–water partition coefficient (Wildman–Crippen LogP) is 2.35. The lowest BCUT2D eigenvalue weighted by atomic mass is 10.1. The highest BCUT2D eigenvalue weighted by Gasteiger charge is 2.16. The van der Waals surface area contributed by atoms with E-state index in [1.54, 1.807) is 36.4 Å². The van der Waals surface area contributed by atoms with E-state index in [-0.39, 0.29) is 11.1 Å². The maximum Gasteiger partial charge on any atom is 0.275 e. The summed E-state index contributed by atoms with van der Waals surface area (Å²) in [6.07, 6.45) is 0. The lowest BCUT2D eigenvalue weighted by Gasteiger charge is -2.10. The van der Waals surface area contributed by atoms with Crippen molar-refractivity contribution in [2.24, 2.45) is 0 Å². The molecule has 0 unspecified atom stereocenters. The number of rotatable bonds is 3. The minimum atomic E-state index is -0.741.